The molecule has 4 fully saturated rings. The number of nitrogens with one attached hydrogen (secondary N) is 1. The average molecular weight is 377 g/mol. The van der Waals surface area contributed by atoms with Crippen LogP contribution in [0.2, 0.25) is 0 Å². The normalized spacial score (nSPS) is 32.8. The van der Waals surface area contributed by atoms with Gasteiger partial charge in [0, 0.05) is 44.4 Å². The van der Waals surface area contributed by atoms with Gasteiger partial charge in [0.15, 0.2) is 0 Å². The summed E-state index contributed by atoms with van der Waals surface area (Å²) in [4.78, 5) is 30.5. The van der Waals surface area contributed by atoms with Crippen LogP contribution in [-0.2, 0) is 16.0 Å². The first kappa shape index (κ1) is 18.3. The van der Waals surface area contributed by atoms with Crippen molar-refractivity contribution in [1.82, 2.24) is 15.2 Å². The number of nitrogens with zero attached hydrogens (tertiary/aromatic N) is 2. The number of rotatable bonds is 7. The largest absolute Gasteiger partial charge is 0.353 e. The summed E-state index contributed by atoms with van der Waals surface area (Å²) in [6, 6.07) is 3.49. The molecule has 0 aliphatic heterocycles. The van der Waals surface area contributed by atoms with Crippen LogP contribution in [0, 0.1) is 23.2 Å². The molecule has 1 N–H and O–H groups in total. The lowest BCUT2D eigenvalue weighted by atomic mass is 9.98. The zero-order valence-electron chi connectivity index (χ0n) is 15.6. The number of halogens is 2. The second-order valence-electron chi connectivity index (χ2n) is 8.29. The molecule has 4 aliphatic rings. The molecular weight excluding hydrogens is 352 g/mol. The Bertz CT molecular complexity index is 743. The van der Waals surface area contributed by atoms with Crippen molar-refractivity contribution in [2.24, 2.45) is 23.2 Å². The number of alkyl halides is 2. The fourth-order valence-electron chi connectivity index (χ4n) is 5.31. The van der Waals surface area contributed by atoms with Gasteiger partial charge in [-0.3, -0.25) is 14.6 Å². The van der Waals surface area contributed by atoms with Gasteiger partial charge in [-0.05, 0) is 55.7 Å². The Morgan fingerprint density at radius 2 is 1.93 bits per heavy atom. The molecule has 0 spiro atoms. The van der Waals surface area contributed by atoms with Crippen molar-refractivity contribution in [2.75, 3.05) is 13.6 Å². The molecule has 4 saturated carbocycles. The van der Waals surface area contributed by atoms with Crippen LogP contribution < -0.4 is 5.32 Å². The van der Waals surface area contributed by atoms with E-state index in [4.69, 9.17) is 0 Å². The highest BCUT2D eigenvalue weighted by Crippen LogP contribution is 2.84. The summed E-state index contributed by atoms with van der Waals surface area (Å²) in [7, 11) is 1.69. The summed E-state index contributed by atoms with van der Waals surface area (Å²) >= 11 is 0. The Labute approximate surface area is 157 Å². The lowest BCUT2D eigenvalue weighted by Gasteiger charge is -2.27. The van der Waals surface area contributed by atoms with E-state index in [0.717, 1.165) is 5.56 Å². The first-order valence-electron chi connectivity index (χ1n) is 9.60. The Morgan fingerprint density at radius 1 is 1.30 bits per heavy atom. The minimum Gasteiger partial charge on any atom is -0.353 e. The number of hydrogen-bond donors (Lipinski definition) is 1. The number of aryl methyl sites for hydroxylation is 1. The molecule has 1 aromatic rings. The van der Waals surface area contributed by atoms with Gasteiger partial charge >= 0.3 is 0 Å². The summed E-state index contributed by atoms with van der Waals surface area (Å²) < 4.78 is 28.9. The summed E-state index contributed by atoms with van der Waals surface area (Å²) in [6.07, 6.45) is 5.31. The van der Waals surface area contributed by atoms with Crippen LogP contribution >= 0.6 is 0 Å². The molecule has 5 nitrogen and oxygen atoms in total. The van der Waals surface area contributed by atoms with Crippen molar-refractivity contribution in [3.8, 4) is 0 Å². The third-order valence-electron chi connectivity index (χ3n) is 7.05. The fourth-order valence-corrected chi connectivity index (χ4v) is 5.31. The smallest absolute Gasteiger partial charge is 0.265 e. The maximum atomic E-state index is 14.5. The predicted octanol–water partition coefficient (Wildman–Crippen LogP) is 2.27. The van der Waals surface area contributed by atoms with Crippen molar-refractivity contribution in [3.63, 3.8) is 0 Å². The van der Waals surface area contributed by atoms with Crippen molar-refractivity contribution < 1.29 is 18.4 Å². The fraction of sp³-hybridized carbons (Fsp3) is 0.650. The molecule has 146 valence electrons. The molecule has 0 aromatic carbocycles. The van der Waals surface area contributed by atoms with E-state index in [1.807, 2.05) is 19.1 Å². The van der Waals surface area contributed by atoms with Crippen LogP contribution in [0.5, 0.6) is 0 Å². The highest BCUT2D eigenvalue weighted by molar-refractivity contribution is 5.90. The van der Waals surface area contributed by atoms with Gasteiger partial charge in [-0.25, -0.2) is 8.78 Å². The number of aromatic nitrogens is 1. The molecule has 27 heavy (non-hydrogen) atoms. The molecular formula is C20H25F2N3O2. The van der Waals surface area contributed by atoms with Gasteiger partial charge in [0.2, 0.25) is 11.8 Å². The van der Waals surface area contributed by atoms with Crippen LogP contribution in [0.25, 0.3) is 0 Å². The number of likely N-dealkylation sites (N-methyl/N-ethyl adjacent to an activating group) is 1. The van der Waals surface area contributed by atoms with E-state index >= 15 is 0 Å². The zero-order chi connectivity index (χ0) is 19.4. The van der Waals surface area contributed by atoms with E-state index in [1.165, 1.54) is 0 Å². The minimum atomic E-state index is -2.87. The third-order valence-corrected chi connectivity index (χ3v) is 7.05. The first-order valence-corrected chi connectivity index (χ1v) is 9.60. The Hall–Kier alpha value is -2.05. The van der Waals surface area contributed by atoms with Gasteiger partial charge in [0.1, 0.15) is 5.41 Å². The second kappa shape index (κ2) is 6.24. The quantitative estimate of drug-likeness (QED) is 0.793. The summed E-state index contributed by atoms with van der Waals surface area (Å²) in [5, 5.41) is 2.71. The Kier molecular flexibility index (Phi) is 4.24. The number of carbonyl (C=O) groups excluding carboxylic acids is 2. The van der Waals surface area contributed by atoms with Crippen molar-refractivity contribution in [2.45, 2.75) is 44.6 Å². The summed E-state index contributed by atoms with van der Waals surface area (Å²) in [6.45, 7) is 2.01. The lowest BCUT2D eigenvalue weighted by molar-refractivity contribution is -0.144. The van der Waals surface area contributed by atoms with Gasteiger partial charge in [0.25, 0.3) is 5.92 Å². The van der Waals surface area contributed by atoms with Crippen molar-refractivity contribution in [1.29, 1.82) is 0 Å². The SMILES string of the molecule is CC(CNC(=O)C12C3CC(CC31)C2(F)F)N(C)C(=O)CCc1ccncc1. The van der Waals surface area contributed by atoms with E-state index in [1.54, 1.807) is 24.3 Å². The topological polar surface area (TPSA) is 62.3 Å². The standard InChI is InChI=1S/C20H25F2N3O2/c1-12(25(2)17(26)4-3-13-5-7-23-8-6-13)11-24-18(27)19-15-9-14(10-16(15)19)20(19,21)22/h5-8,12,14-16H,3-4,9-11H2,1-2H3,(H,24,27). The van der Waals surface area contributed by atoms with Crippen molar-refractivity contribution in [3.05, 3.63) is 30.1 Å². The molecule has 3 atom stereocenters. The second-order valence-corrected chi connectivity index (χ2v) is 8.29. The highest BCUT2D eigenvalue weighted by atomic mass is 19.3. The van der Waals surface area contributed by atoms with Crippen LogP contribution in [-0.4, -0.2) is 47.3 Å². The zero-order valence-corrected chi connectivity index (χ0v) is 15.6. The van der Waals surface area contributed by atoms with Crippen LogP contribution in [0.4, 0.5) is 8.78 Å². The molecule has 7 heteroatoms. The van der Waals surface area contributed by atoms with E-state index < -0.39 is 23.2 Å². The molecule has 5 rings (SSSR count). The van der Waals surface area contributed by atoms with E-state index in [2.05, 4.69) is 10.3 Å². The molecule has 0 radical (unpaired) electrons. The molecule has 0 saturated heterocycles. The first-order chi connectivity index (χ1) is 12.8. The van der Waals surface area contributed by atoms with Crippen molar-refractivity contribution >= 4 is 11.8 Å². The van der Waals surface area contributed by atoms with Gasteiger partial charge in [-0.1, -0.05) is 0 Å². The van der Waals surface area contributed by atoms with Gasteiger partial charge in [-0.15, -0.1) is 0 Å². The Balaban J connectivity index is 1.27. The number of carbonyl (C=O) groups is 2. The monoisotopic (exact) mass is 377 g/mol. The predicted molar refractivity (Wildman–Crippen MR) is 94.9 cm³/mol. The number of pyridine rings is 1. The van der Waals surface area contributed by atoms with Crippen LogP contribution in [0.3, 0.4) is 0 Å². The third kappa shape index (κ3) is 2.57. The van der Waals surface area contributed by atoms with E-state index in [9.17, 15) is 18.4 Å². The molecule has 4 bridgehead atoms. The lowest BCUT2D eigenvalue weighted by Crippen LogP contribution is -2.48. The average Bonchev–Trinajstić information content (AvgIpc) is 2.91. The summed E-state index contributed by atoms with van der Waals surface area (Å²) in [5.74, 6) is -4.34. The number of amides is 2. The molecule has 4 aliphatic carbocycles. The van der Waals surface area contributed by atoms with Gasteiger partial charge in [0.05, 0.1) is 0 Å². The van der Waals surface area contributed by atoms with E-state index in [-0.39, 0.29) is 30.3 Å². The highest BCUT2D eigenvalue weighted by Gasteiger charge is 2.91. The number of hydrogen-bond acceptors (Lipinski definition) is 3. The molecule has 3 unspecified atom stereocenters. The van der Waals surface area contributed by atoms with E-state index in [0.29, 0.717) is 25.7 Å². The molecule has 1 aromatic heterocycles. The van der Waals surface area contributed by atoms with Gasteiger partial charge < -0.3 is 10.2 Å². The van der Waals surface area contributed by atoms with Gasteiger partial charge in [-0.2, -0.15) is 0 Å². The molecule has 2 amide bonds. The summed E-state index contributed by atoms with van der Waals surface area (Å²) in [5.41, 5.74) is -0.421. The minimum absolute atomic E-state index is 0.0375. The van der Waals surface area contributed by atoms with Crippen LogP contribution in [0.15, 0.2) is 24.5 Å². The Morgan fingerprint density at radius 3 is 2.48 bits per heavy atom. The maximum absolute atomic E-state index is 14.5. The molecule has 1 heterocycles. The van der Waals surface area contributed by atoms with Crippen LogP contribution in [0.1, 0.15) is 31.7 Å². The maximum Gasteiger partial charge on any atom is 0.265 e.